The summed E-state index contributed by atoms with van der Waals surface area (Å²) in [4.78, 5) is 12.8. The Morgan fingerprint density at radius 1 is 1.21 bits per heavy atom. The summed E-state index contributed by atoms with van der Waals surface area (Å²) in [6.07, 6.45) is -1.33. The molecule has 4 atom stereocenters. The van der Waals surface area contributed by atoms with Gasteiger partial charge in [-0.3, -0.25) is 4.57 Å². The van der Waals surface area contributed by atoms with Gasteiger partial charge in [-0.05, 0) is 17.7 Å². The molecule has 1 aliphatic rings. The molecule has 0 aliphatic carbocycles. The second-order valence-corrected chi connectivity index (χ2v) is 6.48. The molecule has 0 radical (unpaired) electrons. The zero-order valence-electron chi connectivity index (χ0n) is 15.1. The van der Waals surface area contributed by atoms with Crippen molar-refractivity contribution in [2.75, 3.05) is 19.0 Å². The minimum absolute atomic E-state index is 0.399. The fourth-order valence-corrected chi connectivity index (χ4v) is 3.25. The van der Waals surface area contributed by atoms with Crippen molar-refractivity contribution >= 4 is 17.0 Å². The third-order valence-electron chi connectivity index (χ3n) is 4.74. The Labute approximate surface area is 160 Å². The molecule has 0 unspecified atom stereocenters. The van der Waals surface area contributed by atoms with E-state index < -0.39 is 31.1 Å². The van der Waals surface area contributed by atoms with Crippen molar-refractivity contribution in [2.45, 2.75) is 31.1 Å². The van der Waals surface area contributed by atoms with E-state index >= 15 is 0 Å². The van der Waals surface area contributed by atoms with E-state index in [1.807, 2.05) is 24.3 Å². The van der Waals surface area contributed by atoms with E-state index in [4.69, 9.17) is 9.47 Å². The predicted molar refractivity (Wildman–Crippen MR) is 98.7 cm³/mol. The lowest BCUT2D eigenvalue weighted by atomic mass is 10.1. The summed E-state index contributed by atoms with van der Waals surface area (Å²) in [6, 6.07) is 7.66. The molecular weight excluding hydrogens is 366 g/mol. The molecule has 28 heavy (non-hydrogen) atoms. The number of imidazole rings is 1. The van der Waals surface area contributed by atoms with Gasteiger partial charge < -0.3 is 30.1 Å². The van der Waals surface area contributed by atoms with Crippen LogP contribution in [0.5, 0.6) is 5.75 Å². The molecule has 0 amide bonds. The Morgan fingerprint density at radius 2 is 2.07 bits per heavy atom. The molecule has 0 saturated carbocycles. The molecule has 3 aromatic rings. The average molecular weight is 387 g/mol. The molecule has 1 aliphatic heterocycles. The molecule has 10 nitrogen and oxygen atoms in total. The fourth-order valence-electron chi connectivity index (χ4n) is 3.25. The molecule has 4 N–H and O–H groups in total. The van der Waals surface area contributed by atoms with Crippen molar-refractivity contribution in [3.05, 3.63) is 42.5 Å². The maximum Gasteiger partial charge on any atom is 0.167 e. The molecule has 4 rings (SSSR count). The summed E-state index contributed by atoms with van der Waals surface area (Å²) in [5.41, 5.74) is 1.95. The standard InChI is InChI=1S/C18H21N5O5/c1-27-11-4-2-3-10(5-11)6-19-16-13-17(21-8-20-16)23(9-22-13)18-15(26)14(25)12(7-24)28-18/h2-5,8-9,12,14-15,18,24-26H,6-7H2,1H3,(H,19,20,21)/t12-,14-,15+,18-/m1/s1. The van der Waals surface area contributed by atoms with Gasteiger partial charge in [0, 0.05) is 6.54 Å². The van der Waals surface area contributed by atoms with Crippen LogP contribution in [0.15, 0.2) is 36.9 Å². The van der Waals surface area contributed by atoms with Gasteiger partial charge in [-0.25, -0.2) is 15.0 Å². The monoisotopic (exact) mass is 387 g/mol. The molecule has 1 saturated heterocycles. The first-order valence-corrected chi connectivity index (χ1v) is 8.79. The predicted octanol–water partition coefficient (Wildman–Crippen LogP) is 0.0585. The lowest BCUT2D eigenvalue weighted by molar-refractivity contribution is -0.0511. The van der Waals surface area contributed by atoms with Gasteiger partial charge in [0.1, 0.15) is 30.4 Å². The maximum atomic E-state index is 10.3. The van der Waals surface area contributed by atoms with Gasteiger partial charge in [-0.15, -0.1) is 0 Å². The number of nitrogens with one attached hydrogen (secondary N) is 1. The Hall–Kier alpha value is -2.79. The largest absolute Gasteiger partial charge is 0.497 e. The number of aromatic nitrogens is 4. The second-order valence-electron chi connectivity index (χ2n) is 6.48. The van der Waals surface area contributed by atoms with E-state index in [-0.39, 0.29) is 0 Å². The maximum absolute atomic E-state index is 10.3. The highest BCUT2D eigenvalue weighted by atomic mass is 16.6. The van der Waals surface area contributed by atoms with Crippen molar-refractivity contribution in [1.82, 2.24) is 19.5 Å². The van der Waals surface area contributed by atoms with Gasteiger partial charge in [-0.2, -0.15) is 0 Å². The zero-order chi connectivity index (χ0) is 19.7. The second kappa shape index (κ2) is 7.68. The number of hydrogen-bond donors (Lipinski definition) is 4. The van der Waals surface area contributed by atoms with E-state index in [0.717, 1.165) is 11.3 Å². The van der Waals surface area contributed by atoms with E-state index in [9.17, 15) is 15.3 Å². The van der Waals surface area contributed by atoms with Crippen LogP contribution >= 0.6 is 0 Å². The Morgan fingerprint density at radius 3 is 2.82 bits per heavy atom. The summed E-state index contributed by atoms with van der Waals surface area (Å²) in [7, 11) is 1.62. The first-order chi connectivity index (χ1) is 13.6. The fraction of sp³-hybridized carbons (Fsp3) is 0.389. The van der Waals surface area contributed by atoms with E-state index in [0.29, 0.717) is 23.5 Å². The van der Waals surface area contributed by atoms with Crippen LogP contribution < -0.4 is 10.1 Å². The highest BCUT2D eigenvalue weighted by Gasteiger charge is 2.44. The molecule has 3 heterocycles. The number of fused-ring (bicyclic) bond motifs is 1. The van der Waals surface area contributed by atoms with Gasteiger partial charge in [-0.1, -0.05) is 12.1 Å². The van der Waals surface area contributed by atoms with Crippen molar-refractivity contribution in [3.8, 4) is 5.75 Å². The molecule has 148 valence electrons. The summed E-state index contributed by atoms with van der Waals surface area (Å²) < 4.78 is 12.3. The average Bonchev–Trinajstić information content (AvgIpc) is 3.28. The third kappa shape index (κ3) is 3.27. The normalized spacial score (nSPS) is 24.6. The smallest absolute Gasteiger partial charge is 0.167 e. The highest BCUT2D eigenvalue weighted by Crippen LogP contribution is 2.32. The van der Waals surface area contributed by atoms with Crippen LogP contribution in [0, 0.1) is 0 Å². The molecule has 0 bridgehead atoms. The Kier molecular flexibility index (Phi) is 5.09. The van der Waals surface area contributed by atoms with Crippen LogP contribution in [-0.2, 0) is 11.3 Å². The number of rotatable bonds is 6. The minimum Gasteiger partial charge on any atom is -0.497 e. The van der Waals surface area contributed by atoms with Crippen LogP contribution in [0.2, 0.25) is 0 Å². The lowest BCUT2D eigenvalue weighted by Crippen LogP contribution is -2.33. The molecular formula is C18H21N5O5. The van der Waals surface area contributed by atoms with Crippen LogP contribution in [0.25, 0.3) is 11.2 Å². The highest BCUT2D eigenvalue weighted by molar-refractivity contribution is 5.82. The third-order valence-corrected chi connectivity index (χ3v) is 4.74. The number of benzene rings is 1. The van der Waals surface area contributed by atoms with Gasteiger partial charge >= 0.3 is 0 Å². The number of aliphatic hydroxyl groups excluding tert-OH is 3. The van der Waals surface area contributed by atoms with Crippen LogP contribution in [-0.4, -0.2) is 66.9 Å². The minimum atomic E-state index is -1.21. The summed E-state index contributed by atoms with van der Waals surface area (Å²) in [5.74, 6) is 1.29. The van der Waals surface area contributed by atoms with Crippen molar-refractivity contribution in [2.24, 2.45) is 0 Å². The molecule has 10 heteroatoms. The first-order valence-electron chi connectivity index (χ1n) is 8.79. The molecule has 1 aromatic carbocycles. The topological polar surface area (TPSA) is 135 Å². The molecule has 0 spiro atoms. The Bertz CT molecular complexity index is 964. The summed E-state index contributed by atoms with van der Waals surface area (Å²) >= 11 is 0. The number of nitrogens with zero attached hydrogens (tertiary/aromatic N) is 4. The summed E-state index contributed by atoms with van der Waals surface area (Å²) in [6.45, 7) is 0.105. The van der Waals surface area contributed by atoms with Crippen molar-refractivity contribution in [1.29, 1.82) is 0 Å². The number of methoxy groups -OCH3 is 1. The van der Waals surface area contributed by atoms with E-state index in [1.54, 1.807) is 7.11 Å². The van der Waals surface area contributed by atoms with Crippen LogP contribution in [0.4, 0.5) is 5.82 Å². The lowest BCUT2D eigenvalue weighted by Gasteiger charge is -2.16. The quantitative estimate of drug-likeness (QED) is 0.463. The number of anilines is 1. The van der Waals surface area contributed by atoms with Gasteiger partial charge in [0.25, 0.3) is 0 Å². The van der Waals surface area contributed by atoms with Gasteiger partial charge in [0.05, 0.1) is 20.0 Å². The van der Waals surface area contributed by atoms with E-state index in [2.05, 4.69) is 20.3 Å². The zero-order valence-corrected chi connectivity index (χ0v) is 15.1. The number of ether oxygens (including phenoxy) is 2. The van der Waals surface area contributed by atoms with Gasteiger partial charge in [0.15, 0.2) is 23.2 Å². The Balaban J connectivity index is 1.58. The van der Waals surface area contributed by atoms with E-state index in [1.165, 1.54) is 17.2 Å². The van der Waals surface area contributed by atoms with Crippen LogP contribution in [0.3, 0.4) is 0 Å². The van der Waals surface area contributed by atoms with Crippen LogP contribution in [0.1, 0.15) is 11.8 Å². The van der Waals surface area contributed by atoms with Crippen molar-refractivity contribution < 1.29 is 24.8 Å². The van der Waals surface area contributed by atoms with Crippen molar-refractivity contribution in [3.63, 3.8) is 0 Å². The SMILES string of the molecule is COc1cccc(CNc2ncnc3c2ncn3[C@@H]2O[C@H](CO)[C@@H](O)[C@@H]2O)c1. The van der Waals surface area contributed by atoms with Gasteiger partial charge in [0.2, 0.25) is 0 Å². The molecule has 1 fully saturated rings. The number of hydrogen-bond acceptors (Lipinski definition) is 9. The first kappa shape index (κ1) is 18.6. The number of aliphatic hydroxyl groups is 3. The molecule has 2 aromatic heterocycles. The summed E-state index contributed by atoms with van der Waals surface area (Å²) in [5, 5.41) is 32.7.